The molecule has 1 saturated heterocycles. The zero-order chi connectivity index (χ0) is 24.3. The minimum absolute atomic E-state index is 0.146. The minimum Gasteiger partial charge on any atom is -0.455 e. The third-order valence-electron chi connectivity index (χ3n) is 5.47. The van der Waals surface area contributed by atoms with Crippen molar-refractivity contribution in [2.75, 3.05) is 13.1 Å². The third kappa shape index (κ3) is 5.56. The number of piperidine rings is 1. The molecule has 1 aliphatic heterocycles. The first-order valence-corrected chi connectivity index (χ1v) is 10.8. The largest absolute Gasteiger partial charge is 0.455 e. The van der Waals surface area contributed by atoms with E-state index in [1.807, 2.05) is 0 Å². The van der Waals surface area contributed by atoms with Crippen LogP contribution in [-0.2, 0) is 22.3 Å². The van der Waals surface area contributed by atoms with E-state index in [-0.39, 0.29) is 29.9 Å². The van der Waals surface area contributed by atoms with Crippen LogP contribution in [0.1, 0.15) is 34.7 Å². The molecule has 0 saturated carbocycles. The maximum Gasteiger partial charge on any atom is 0.416 e. The summed E-state index contributed by atoms with van der Waals surface area (Å²) in [6.07, 6.45) is -3.70. The molecule has 11 heteroatoms. The monoisotopic (exact) mass is 493 g/mol. The first-order chi connectivity index (χ1) is 16.2. The van der Waals surface area contributed by atoms with E-state index in [2.05, 4.69) is 10.2 Å². The normalized spacial score (nSPS) is 14.8. The molecule has 0 atom stereocenters. The number of nitrogens with zero attached hydrogens (tertiary/aromatic N) is 3. The molecule has 4 rings (SSSR count). The molecular weight excluding hydrogens is 475 g/mol. The molecule has 178 valence electrons. The molecule has 0 aliphatic carbocycles. The number of esters is 1. The molecule has 0 bridgehead atoms. The van der Waals surface area contributed by atoms with Gasteiger partial charge in [0.1, 0.15) is 0 Å². The lowest BCUT2D eigenvalue weighted by molar-refractivity contribution is -0.152. The van der Waals surface area contributed by atoms with Crippen LogP contribution in [-0.4, -0.2) is 40.1 Å². The highest BCUT2D eigenvalue weighted by Crippen LogP contribution is 2.29. The summed E-state index contributed by atoms with van der Waals surface area (Å²) in [4.78, 5) is 26.5. The standard InChI is InChI=1S/C23H19ClF3N3O4/c24-18-7-3-14(4-8-18)20-29-28-19(34-20)13-33-22(32)16-9-11-30(12-10-16)21(31)15-1-5-17(6-2-15)23(25,26)27/h1-8,16H,9-13H2. The van der Waals surface area contributed by atoms with Crippen LogP contribution in [0.2, 0.25) is 5.02 Å². The molecule has 1 fully saturated rings. The van der Waals surface area contributed by atoms with Crippen molar-refractivity contribution in [2.24, 2.45) is 5.92 Å². The number of aromatic nitrogens is 2. The quantitative estimate of drug-likeness (QED) is 0.465. The molecule has 1 amide bonds. The van der Waals surface area contributed by atoms with Gasteiger partial charge >= 0.3 is 12.1 Å². The molecule has 2 aromatic carbocycles. The van der Waals surface area contributed by atoms with E-state index in [4.69, 9.17) is 20.8 Å². The molecule has 7 nitrogen and oxygen atoms in total. The predicted molar refractivity (Wildman–Crippen MR) is 115 cm³/mol. The fourth-order valence-electron chi connectivity index (χ4n) is 3.57. The van der Waals surface area contributed by atoms with Gasteiger partial charge in [0.25, 0.3) is 11.8 Å². The number of alkyl halides is 3. The van der Waals surface area contributed by atoms with Crippen molar-refractivity contribution in [3.8, 4) is 11.5 Å². The maximum atomic E-state index is 12.7. The number of carbonyl (C=O) groups is 2. The van der Waals surface area contributed by atoms with Crippen LogP contribution < -0.4 is 0 Å². The van der Waals surface area contributed by atoms with Gasteiger partial charge in [0.05, 0.1) is 11.5 Å². The Bertz CT molecular complexity index is 1160. The van der Waals surface area contributed by atoms with Crippen molar-refractivity contribution in [1.82, 2.24) is 15.1 Å². The Morgan fingerprint density at radius 1 is 1.03 bits per heavy atom. The van der Waals surface area contributed by atoms with Crippen LogP contribution >= 0.6 is 11.6 Å². The summed E-state index contributed by atoms with van der Waals surface area (Å²) >= 11 is 5.86. The second kappa shape index (κ2) is 9.84. The number of carbonyl (C=O) groups excluding carboxylic acids is 2. The highest BCUT2D eigenvalue weighted by molar-refractivity contribution is 6.30. The van der Waals surface area contributed by atoms with Crippen molar-refractivity contribution >= 4 is 23.5 Å². The van der Waals surface area contributed by atoms with Crippen LogP contribution in [0.15, 0.2) is 52.9 Å². The van der Waals surface area contributed by atoms with Gasteiger partial charge in [-0.25, -0.2) is 0 Å². The van der Waals surface area contributed by atoms with Gasteiger partial charge in [0, 0.05) is 29.2 Å². The summed E-state index contributed by atoms with van der Waals surface area (Å²) < 4.78 is 48.9. The number of hydrogen-bond acceptors (Lipinski definition) is 6. The van der Waals surface area contributed by atoms with Crippen molar-refractivity contribution in [2.45, 2.75) is 25.6 Å². The fraction of sp³-hybridized carbons (Fsp3) is 0.304. The van der Waals surface area contributed by atoms with E-state index in [1.165, 1.54) is 4.90 Å². The first-order valence-electron chi connectivity index (χ1n) is 10.4. The Kier molecular flexibility index (Phi) is 6.87. The molecule has 34 heavy (non-hydrogen) atoms. The number of amides is 1. The van der Waals surface area contributed by atoms with Gasteiger partial charge in [-0.1, -0.05) is 11.6 Å². The number of hydrogen-bond donors (Lipinski definition) is 0. The highest BCUT2D eigenvalue weighted by atomic mass is 35.5. The average molecular weight is 494 g/mol. The second-order valence-electron chi connectivity index (χ2n) is 7.76. The maximum absolute atomic E-state index is 12.7. The number of halogens is 4. The summed E-state index contributed by atoms with van der Waals surface area (Å²) in [5, 5.41) is 8.37. The van der Waals surface area contributed by atoms with Crippen LogP contribution in [0, 0.1) is 5.92 Å². The Balaban J connectivity index is 1.26. The molecule has 0 spiro atoms. The zero-order valence-electron chi connectivity index (χ0n) is 17.7. The topological polar surface area (TPSA) is 85.5 Å². The van der Waals surface area contributed by atoms with E-state index < -0.39 is 23.6 Å². The lowest BCUT2D eigenvalue weighted by Crippen LogP contribution is -2.40. The third-order valence-corrected chi connectivity index (χ3v) is 5.72. The Hall–Kier alpha value is -3.40. The van der Waals surface area contributed by atoms with Gasteiger partial charge in [-0.2, -0.15) is 13.2 Å². The lowest BCUT2D eigenvalue weighted by Gasteiger charge is -2.31. The summed E-state index contributed by atoms with van der Waals surface area (Å²) in [5.41, 5.74) is 0.0357. The predicted octanol–water partition coefficient (Wildman–Crippen LogP) is 5.00. The minimum atomic E-state index is -4.46. The fourth-order valence-corrected chi connectivity index (χ4v) is 3.70. The van der Waals surface area contributed by atoms with E-state index in [1.54, 1.807) is 24.3 Å². The van der Waals surface area contributed by atoms with Crippen molar-refractivity contribution in [1.29, 1.82) is 0 Å². The van der Waals surface area contributed by atoms with Gasteiger partial charge in [0.15, 0.2) is 6.61 Å². The van der Waals surface area contributed by atoms with Crippen molar-refractivity contribution < 1.29 is 31.9 Å². The van der Waals surface area contributed by atoms with Crippen LogP contribution in [0.25, 0.3) is 11.5 Å². The lowest BCUT2D eigenvalue weighted by atomic mass is 9.96. The van der Waals surface area contributed by atoms with Crippen molar-refractivity contribution in [3.63, 3.8) is 0 Å². The summed E-state index contributed by atoms with van der Waals surface area (Å²) in [6, 6.07) is 10.9. The van der Waals surface area contributed by atoms with Crippen LogP contribution in [0.5, 0.6) is 0 Å². The highest BCUT2D eigenvalue weighted by Gasteiger charge is 2.32. The van der Waals surface area contributed by atoms with Gasteiger partial charge in [-0.05, 0) is 61.4 Å². The van der Waals surface area contributed by atoms with E-state index in [9.17, 15) is 22.8 Å². The molecule has 2 heterocycles. The van der Waals surface area contributed by atoms with Gasteiger partial charge in [-0.15, -0.1) is 10.2 Å². The van der Waals surface area contributed by atoms with Crippen molar-refractivity contribution in [3.05, 3.63) is 70.6 Å². The summed E-state index contributed by atoms with van der Waals surface area (Å²) in [7, 11) is 0. The SMILES string of the molecule is O=C(OCc1nnc(-c2ccc(Cl)cc2)o1)C1CCN(C(=O)c2ccc(C(F)(F)F)cc2)CC1. The molecule has 1 aliphatic rings. The van der Waals surface area contributed by atoms with Gasteiger partial charge < -0.3 is 14.1 Å². The first kappa shape index (κ1) is 23.7. The smallest absolute Gasteiger partial charge is 0.416 e. The van der Waals surface area contributed by atoms with E-state index in [0.717, 1.165) is 24.3 Å². The summed E-state index contributed by atoms with van der Waals surface area (Å²) in [5.74, 6) is -0.796. The Morgan fingerprint density at radius 2 is 1.68 bits per heavy atom. The van der Waals surface area contributed by atoms with Crippen LogP contribution in [0.4, 0.5) is 13.2 Å². The van der Waals surface area contributed by atoms with E-state index in [0.29, 0.717) is 36.5 Å². The average Bonchev–Trinajstić information content (AvgIpc) is 3.31. The number of likely N-dealkylation sites (tertiary alicyclic amines) is 1. The molecule has 3 aromatic rings. The summed E-state index contributed by atoms with van der Waals surface area (Å²) in [6.45, 7) is 0.409. The number of ether oxygens (including phenoxy) is 1. The van der Waals surface area contributed by atoms with Gasteiger partial charge in [-0.3, -0.25) is 9.59 Å². The van der Waals surface area contributed by atoms with Crippen LogP contribution in [0.3, 0.4) is 0 Å². The zero-order valence-corrected chi connectivity index (χ0v) is 18.5. The molecule has 0 unspecified atom stereocenters. The Morgan fingerprint density at radius 3 is 2.29 bits per heavy atom. The molecule has 1 aromatic heterocycles. The Labute approximate surface area is 197 Å². The molecule has 0 radical (unpaired) electrons. The number of benzene rings is 2. The molecule has 0 N–H and O–H groups in total. The van der Waals surface area contributed by atoms with Gasteiger partial charge in [0.2, 0.25) is 5.89 Å². The number of rotatable bonds is 5. The molecular formula is C23H19ClF3N3O4. The van der Waals surface area contributed by atoms with E-state index >= 15 is 0 Å². The second-order valence-corrected chi connectivity index (χ2v) is 8.19.